The maximum absolute atomic E-state index is 13.3. The number of benzene rings is 2. The van der Waals surface area contributed by atoms with Crippen molar-refractivity contribution in [2.24, 2.45) is 10.3 Å². The molecule has 0 unspecified atom stereocenters. The summed E-state index contributed by atoms with van der Waals surface area (Å²) in [5.74, 6) is 1.73. The van der Waals surface area contributed by atoms with Crippen LogP contribution in [0.1, 0.15) is 44.2 Å². The van der Waals surface area contributed by atoms with E-state index in [0.29, 0.717) is 29.4 Å². The molecule has 0 amide bonds. The van der Waals surface area contributed by atoms with E-state index in [2.05, 4.69) is 10.3 Å². The molecule has 0 aliphatic carbocycles. The standard InChI is InChI=1S/C25H28F6N2O4S2/c1-3-16-38-36-32-22(24(26,27)28)18-6-10-20(11-7-18)34-14-5-15-35-21-12-8-19(9-13-21)23(25(29,30)31)33-37-39-17-4-2/h6-13H,3-5,14-17H2,1-2H3. The largest absolute Gasteiger partial charge is 0.493 e. The lowest BCUT2D eigenvalue weighted by atomic mass is 10.1. The summed E-state index contributed by atoms with van der Waals surface area (Å²) in [6.45, 7) is 4.13. The number of ether oxygens (including phenoxy) is 2. The summed E-state index contributed by atoms with van der Waals surface area (Å²) < 4.78 is 100. The number of hydrogen-bond donors (Lipinski definition) is 0. The van der Waals surface area contributed by atoms with E-state index in [4.69, 9.17) is 18.0 Å². The molecule has 2 aromatic carbocycles. The van der Waals surface area contributed by atoms with Crippen LogP contribution in [0.2, 0.25) is 0 Å². The van der Waals surface area contributed by atoms with Crippen molar-refractivity contribution >= 4 is 35.5 Å². The van der Waals surface area contributed by atoms with Crippen LogP contribution < -0.4 is 9.47 Å². The highest BCUT2D eigenvalue weighted by molar-refractivity contribution is 7.94. The Hall–Kier alpha value is -2.74. The van der Waals surface area contributed by atoms with Gasteiger partial charge in [-0.05, 0) is 61.4 Å². The fourth-order valence-corrected chi connectivity index (χ4v) is 3.50. The molecule has 0 radical (unpaired) electrons. The molecule has 14 heteroatoms. The van der Waals surface area contributed by atoms with Gasteiger partial charge in [-0.15, -0.1) is 0 Å². The van der Waals surface area contributed by atoms with Crippen LogP contribution >= 0.6 is 24.1 Å². The molecular weight excluding hydrogens is 570 g/mol. The van der Waals surface area contributed by atoms with Crippen molar-refractivity contribution < 1.29 is 44.4 Å². The number of rotatable bonds is 16. The molecule has 0 bridgehead atoms. The third-order valence-electron chi connectivity index (χ3n) is 4.56. The van der Waals surface area contributed by atoms with Crippen molar-refractivity contribution in [1.82, 2.24) is 0 Å². The molecule has 0 saturated heterocycles. The van der Waals surface area contributed by atoms with E-state index in [1.54, 1.807) is 0 Å². The molecule has 0 aromatic heterocycles. The highest BCUT2D eigenvalue weighted by atomic mass is 32.2. The fourth-order valence-electron chi connectivity index (χ4n) is 2.76. The van der Waals surface area contributed by atoms with Gasteiger partial charge in [0.25, 0.3) is 0 Å². The summed E-state index contributed by atoms with van der Waals surface area (Å²) in [4.78, 5) is 0. The second kappa shape index (κ2) is 16.4. The summed E-state index contributed by atoms with van der Waals surface area (Å²) >= 11 is 1.67. The molecule has 39 heavy (non-hydrogen) atoms. The summed E-state index contributed by atoms with van der Waals surface area (Å²) in [5, 5.41) is 6.44. The average molecular weight is 599 g/mol. The van der Waals surface area contributed by atoms with Crippen molar-refractivity contribution in [3.63, 3.8) is 0 Å². The predicted molar refractivity (Wildman–Crippen MR) is 141 cm³/mol. The maximum atomic E-state index is 13.3. The van der Waals surface area contributed by atoms with Gasteiger partial charge in [0.15, 0.2) is 11.4 Å². The van der Waals surface area contributed by atoms with E-state index in [1.165, 1.54) is 48.5 Å². The van der Waals surface area contributed by atoms with Crippen LogP contribution in [0.25, 0.3) is 0 Å². The highest BCUT2D eigenvalue weighted by Gasteiger charge is 2.38. The fraction of sp³-hybridized carbons (Fsp3) is 0.440. The molecule has 0 heterocycles. The molecule has 0 fully saturated rings. The summed E-state index contributed by atoms with van der Waals surface area (Å²) in [6, 6.07) is 10.5. The van der Waals surface area contributed by atoms with Crippen molar-refractivity contribution in [2.75, 3.05) is 24.7 Å². The first-order valence-corrected chi connectivity index (χ1v) is 13.7. The molecule has 0 N–H and O–H groups in total. The minimum absolute atomic E-state index is 0.163. The Balaban J connectivity index is 1.84. The number of alkyl halides is 6. The van der Waals surface area contributed by atoms with Gasteiger partial charge < -0.3 is 18.0 Å². The maximum Gasteiger partial charge on any atom is 0.437 e. The smallest absolute Gasteiger partial charge is 0.437 e. The van der Waals surface area contributed by atoms with Gasteiger partial charge in [0, 0.05) is 29.1 Å². The van der Waals surface area contributed by atoms with E-state index in [0.717, 1.165) is 36.9 Å². The molecular formula is C25H28F6N2O4S2. The zero-order valence-corrected chi connectivity index (χ0v) is 22.8. The molecule has 0 atom stereocenters. The predicted octanol–water partition coefficient (Wildman–Crippen LogP) is 8.22. The normalized spacial score (nSPS) is 12.8. The first kappa shape index (κ1) is 32.5. The summed E-state index contributed by atoms with van der Waals surface area (Å²) in [5.41, 5.74) is -2.62. The van der Waals surface area contributed by atoms with Gasteiger partial charge in [0.05, 0.1) is 37.3 Å². The Morgan fingerprint density at radius 2 is 1.00 bits per heavy atom. The van der Waals surface area contributed by atoms with E-state index >= 15 is 0 Å². The summed E-state index contributed by atoms with van der Waals surface area (Å²) in [6.07, 6.45) is -7.49. The second-order valence-corrected chi connectivity index (χ2v) is 9.35. The van der Waals surface area contributed by atoms with Crippen LogP contribution in [-0.4, -0.2) is 48.5 Å². The van der Waals surface area contributed by atoms with Crippen LogP contribution in [0.4, 0.5) is 26.3 Å². The van der Waals surface area contributed by atoms with Gasteiger partial charge in [0.2, 0.25) is 0 Å². The van der Waals surface area contributed by atoms with Crippen LogP contribution in [0.5, 0.6) is 11.5 Å². The van der Waals surface area contributed by atoms with Gasteiger partial charge in [0.1, 0.15) is 11.5 Å². The van der Waals surface area contributed by atoms with Gasteiger partial charge in [-0.2, -0.15) is 26.3 Å². The Bertz CT molecular complexity index is 963. The van der Waals surface area contributed by atoms with Crippen LogP contribution in [0, 0.1) is 0 Å². The molecule has 0 saturated carbocycles. The van der Waals surface area contributed by atoms with Gasteiger partial charge in [-0.1, -0.05) is 24.2 Å². The lowest BCUT2D eigenvalue weighted by Crippen LogP contribution is -2.24. The van der Waals surface area contributed by atoms with E-state index < -0.39 is 23.8 Å². The van der Waals surface area contributed by atoms with Crippen molar-refractivity contribution in [3.05, 3.63) is 59.7 Å². The Morgan fingerprint density at radius 3 is 1.31 bits per heavy atom. The Kier molecular flexibility index (Phi) is 13.6. The Labute approximate surface area is 231 Å². The lowest BCUT2D eigenvalue weighted by Gasteiger charge is -2.12. The summed E-state index contributed by atoms with van der Waals surface area (Å²) in [7, 11) is 0. The first-order chi connectivity index (χ1) is 18.6. The molecule has 0 aliphatic rings. The number of oxime groups is 2. The number of hydrogen-bond acceptors (Lipinski definition) is 8. The van der Waals surface area contributed by atoms with E-state index in [1.807, 2.05) is 13.8 Å². The lowest BCUT2D eigenvalue weighted by molar-refractivity contribution is -0.0605. The zero-order chi connectivity index (χ0) is 28.7. The van der Waals surface area contributed by atoms with Gasteiger partial charge >= 0.3 is 12.4 Å². The van der Waals surface area contributed by atoms with Crippen LogP contribution in [-0.2, 0) is 8.57 Å². The second-order valence-electron chi connectivity index (χ2n) is 7.77. The van der Waals surface area contributed by atoms with Crippen molar-refractivity contribution in [3.8, 4) is 11.5 Å². The molecule has 0 aliphatic heterocycles. The molecule has 2 rings (SSSR count). The molecule has 216 valence electrons. The third kappa shape index (κ3) is 11.9. The minimum atomic E-state index is -4.69. The number of nitrogens with zero attached hydrogens (tertiary/aromatic N) is 2. The minimum Gasteiger partial charge on any atom is -0.493 e. The number of halogens is 6. The van der Waals surface area contributed by atoms with Crippen LogP contribution in [0.15, 0.2) is 58.8 Å². The van der Waals surface area contributed by atoms with Gasteiger partial charge in [-0.25, -0.2) is 0 Å². The first-order valence-electron chi connectivity index (χ1n) is 11.9. The average Bonchev–Trinajstić information content (AvgIpc) is 2.88. The van der Waals surface area contributed by atoms with Crippen molar-refractivity contribution in [1.29, 1.82) is 0 Å². The van der Waals surface area contributed by atoms with E-state index in [9.17, 15) is 26.3 Å². The topological polar surface area (TPSA) is 61.6 Å². The van der Waals surface area contributed by atoms with Crippen LogP contribution in [0.3, 0.4) is 0 Å². The monoisotopic (exact) mass is 598 g/mol. The van der Waals surface area contributed by atoms with Gasteiger partial charge in [-0.3, -0.25) is 0 Å². The molecule has 2 aromatic rings. The Morgan fingerprint density at radius 1 is 0.641 bits per heavy atom. The highest BCUT2D eigenvalue weighted by Crippen LogP contribution is 2.27. The van der Waals surface area contributed by atoms with E-state index in [-0.39, 0.29) is 24.3 Å². The third-order valence-corrected chi connectivity index (χ3v) is 6.07. The quantitative estimate of drug-likeness (QED) is 0.0638. The zero-order valence-electron chi connectivity index (χ0n) is 21.2. The molecule has 0 spiro atoms. The molecule has 6 nitrogen and oxygen atoms in total. The van der Waals surface area contributed by atoms with Crippen molar-refractivity contribution in [2.45, 2.75) is 45.5 Å². The SMILES string of the molecule is CCCSON=C(c1ccc(OCCCOc2ccc(C(=NOSCCC)C(F)(F)F)cc2)cc1)C(F)(F)F.